The molecule has 0 saturated carbocycles. The maximum atomic E-state index is 15.5. The summed E-state index contributed by atoms with van der Waals surface area (Å²) in [5.41, 5.74) is -4.15. The van der Waals surface area contributed by atoms with Crippen LogP contribution in [0, 0.1) is 0 Å². The first-order chi connectivity index (χ1) is 25.4. The number of ether oxygens (including phenoxy) is 2. The number of nitrogens with one attached hydrogen (secondary N) is 4. The van der Waals surface area contributed by atoms with Gasteiger partial charge in [0.1, 0.15) is 18.8 Å². The van der Waals surface area contributed by atoms with Crippen LogP contribution >= 0.6 is 7.67 Å². The highest BCUT2D eigenvalue weighted by atomic mass is 31.2. The maximum Gasteiger partial charge on any atom is 0.341 e. The van der Waals surface area contributed by atoms with E-state index in [-0.39, 0.29) is 25.4 Å². The third-order valence-electron chi connectivity index (χ3n) is 7.80. The molecule has 1 aliphatic heterocycles. The van der Waals surface area contributed by atoms with Gasteiger partial charge in [-0.1, -0.05) is 79.8 Å². The van der Waals surface area contributed by atoms with E-state index in [1.165, 1.54) is 0 Å². The van der Waals surface area contributed by atoms with Crippen molar-refractivity contribution in [2.45, 2.75) is 89.3 Å². The topological polar surface area (TPSA) is 190 Å². The molecule has 53 heavy (non-hydrogen) atoms. The highest BCUT2D eigenvalue weighted by Crippen LogP contribution is 2.43. The quantitative estimate of drug-likeness (QED) is 0.0405. The number of aromatic amines is 1. The molecule has 294 valence electrons. The van der Waals surface area contributed by atoms with Gasteiger partial charge in [0.15, 0.2) is 11.9 Å². The molecule has 1 amide bonds. The van der Waals surface area contributed by atoms with Crippen LogP contribution in [0.5, 0.6) is 0 Å². The molecule has 1 aromatic rings. The van der Waals surface area contributed by atoms with E-state index >= 15 is 4.39 Å². The smallest absolute Gasteiger partial charge is 0.341 e. The van der Waals surface area contributed by atoms with Crippen molar-refractivity contribution in [3.63, 3.8) is 0 Å². The highest BCUT2D eigenvalue weighted by molar-refractivity contribution is 7.54. The molecule has 0 bridgehead atoms. The predicted molar refractivity (Wildman–Crippen MR) is 203 cm³/mol. The zero-order chi connectivity index (χ0) is 39.0. The lowest BCUT2D eigenvalue weighted by Gasteiger charge is -2.25. The number of aliphatic hydroxyl groups is 1. The lowest BCUT2D eigenvalue weighted by atomic mass is 9.98. The molecule has 14 nitrogen and oxygen atoms in total. The van der Waals surface area contributed by atoms with Gasteiger partial charge < -0.3 is 24.4 Å². The summed E-state index contributed by atoms with van der Waals surface area (Å²) in [5, 5.41) is 18.4. The van der Waals surface area contributed by atoms with Crippen molar-refractivity contribution in [2.24, 2.45) is 0 Å². The molecule has 0 aromatic carbocycles. The Bertz CT molecular complexity index is 1620. The van der Waals surface area contributed by atoms with Gasteiger partial charge in [-0.15, -0.1) is 0 Å². The van der Waals surface area contributed by atoms with Crippen molar-refractivity contribution < 1.29 is 37.6 Å². The van der Waals surface area contributed by atoms with Crippen LogP contribution in [0.15, 0.2) is 94.8 Å². The minimum absolute atomic E-state index is 0.0403. The Labute approximate surface area is 310 Å². The summed E-state index contributed by atoms with van der Waals surface area (Å²) in [6, 6.07) is 0.996. The van der Waals surface area contributed by atoms with Gasteiger partial charge in [0.25, 0.3) is 5.56 Å². The number of esters is 1. The summed E-state index contributed by atoms with van der Waals surface area (Å²) in [7, 11) is -2.90. The molecule has 5 unspecified atom stereocenters. The third kappa shape index (κ3) is 17.6. The molecule has 1 aliphatic rings. The maximum absolute atomic E-state index is 15.5. The van der Waals surface area contributed by atoms with E-state index in [1.54, 1.807) is 0 Å². The van der Waals surface area contributed by atoms with Crippen LogP contribution in [0.2, 0.25) is 0 Å². The molecule has 0 spiro atoms. The molecule has 1 aromatic heterocycles. The number of methoxy groups -OCH3 is 1. The fourth-order valence-corrected chi connectivity index (χ4v) is 6.27. The van der Waals surface area contributed by atoms with Crippen LogP contribution < -0.4 is 26.7 Å². The van der Waals surface area contributed by atoms with Gasteiger partial charge in [0.05, 0.1) is 13.7 Å². The van der Waals surface area contributed by atoms with Gasteiger partial charge in [0.2, 0.25) is 5.91 Å². The number of H-pyrrole nitrogens is 1. The number of amides is 1. The Balaban J connectivity index is 1.70. The van der Waals surface area contributed by atoms with Crippen LogP contribution in [0.3, 0.4) is 0 Å². The minimum atomic E-state index is -4.04. The molecule has 0 aliphatic carbocycles. The van der Waals surface area contributed by atoms with Crippen LogP contribution in [0.4, 0.5) is 4.39 Å². The van der Waals surface area contributed by atoms with E-state index in [9.17, 15) is 28.8 Å². The molecule has 1 fully saturated rings. The van der Waals surface area contributed by atoms with E-state index in [0.717, 1.165) is 69.4 Å². The van der Waals surface area contributed by atoms with Crippen molar-refractivity contribution in [1.82, 2.24) is 25.0 Å². The normalized spacial score (nSPS) is 21.9. The lowest BCUT2D eigenvalue weighted by Crippen LogP contribution is -2.44. The SMILES string of the molecule is CCC=CCC=CCC=CCC=CCC=CCC=CCCC(=O)NCCNP(=O)(NCC(=O)OC)OCC1OC(n2ccc(=O)[nH]c2=O)C(C)(F)C1O. The molecule has 16 heteroatoms. The standard InChI is InChI=1S/C37H55FN5O9P/c1-4-5-6-7-8-9-10-11-12-13-14-15-16-17-18-19-20-21-22-23-31(44)39-25-26-40-53(49,41-28-33(46)50-3)51-29-30-34(47)37(2,38)35(52-30)43-27-24-32(45)42-36(43)48/h5-6,8-9,11-12,14-15,17-18,20-21,24,27,30,34-35,47H,4,7,10,13,16,19,22-23,25-26,28-29H2,1-3H3,(H,39,44)(H2,40,41,49)(H,42,45,48). The third-order valence-corrected chi connectivity index (χ3v) is 9.53. The van der Waals surface area contributed by atoms with Crippen molar-refractivity contribution in [2.75, 3.05) is 33.4 Å². The zero-order valence-corrected chi connectivity index (χ0v) is 31.7. The summed E-state index contributed by atoms with van der Waals surface area (Å²) < 4.78 is 45.4. The Morgan fingerprint density at radius 3 is 2.08 bits per heavy atom. The molecular weight excluding hydrogens is 708 g/mol. The predicted octanol–water partition coefficient (Wildman–Crippen LogP) is 4.59. The first-order valence-electron chi connectivity index (χ1n) is 17.8. The number of carbonyl (C=O) groups excluding carboxylic acids is 2. The number of aromatic nitrogens is 2. The Morgan fingerprint density at radius 1 is 0.962 bits per heavy atom. The molecular formula is C37H55FN5O9P. The second kappa shape index (κ2) is 25.1. The molecule has 2 rings (SSSR count). The van der Waals surface area contributed by atoms with Crippen LogP contribution in [0.1, 0.15) is 71.4 Å². The lowest BCUT2D eigenvalue weighted by molar-refractivity contribution is -0.139. The molecule has 5 atom stereocenters. The van der Waals surface area contributed by atoms with Gasteiger partial charge in [-0.05, 0) is 51.9 Å². The Morgan fingerprint density at radius 2 is 1.53 bits per heavy atom. The molecule has 5 N–H and O–H groups in total. The van der Waals surface area contributed by atoms with Gasteiger partial charge in [-0.3, -0.25) is 28.5 Å². The molecule has 2 heterocycles. The van der Waals surface area contributed by atoms with Gasteiger partial charge in [-0.25, -0.2) is 19.4 Å². The van der Waals surface area contributed by atoms with Crippen molar-refractivity contribution in [3.05, 3.63) is 106 Å². The van der Waals surface area contributed by atoms with Crippen molar-refractivity contribution >= 4 is 19.5 Å². The first-order valence-corrected chi connectivity index (χ1v) is 19.4. The first kappa shape index (κ1) is 45.2. The highest BCUT2D eigenvalue weighted by Gasteiger charge is 2.55. The van der Waals surface area contributed by atoms with Crippen molar-refractivity contribution in [3.8, 4) is 0 Å². The number of alkyl halides is 1. The number of hydrogen-bond donors (Lipinski definition) is 5. The van der Waals surface area contributed by atoms with Crippen LogP contribution in [-0.4, -0.2) is 77.8 Å². The number of aliphatic hydroxyl groups excluding tert-OH is 1. The largest absolute Gasteiger partial charge is 0.468 e. The number of halogens is 1. The van der Waals surface area contributed by atoms with Gasteiger partial charge in [0, 0.05) is 31.8 Å². The van der Waals surface area contributed by atoms with E-state index in [0.29, 0.717) is 6.42 Å². The van der Waals surface area contributed by atoms with E-state index < -0.39 is 62.1 Å². The average molecular weight is 764 g/mol. The second-order valence-electron chi connectivity index (χ2n) is 12.1. The fraction of sp³-hybridized carbons (Fsp3) is 0.514. The number of nitrogens with zero attached hydrogens (tertiary/aromatic N) is 1. The van der Waals surface area contributed by atoms with E-state index in [2.05, 4.69) is 87.9 Å². The fourth-order valence-electron chi connectivity index (χ4n) is 4.88. The average Bonchev–Trinajstić information content (AvgIpc) is 3.36. The monoisotopic (exact) mass is 763 g/mol. The number of hydrogen-bond acceptors (Lipinski definition) is 9. The second-order valence-corrected chi connectivity index (χ2v) is 14.1. The summed E-state index contributed by atoms with van der Waals surface area (Å²) >= 11 is 0. The van der Waals surface area contributed by atoms with Crippen molar-refractivity contribution in [1.29, 1.82) is 0 Å². The van der Waals surface area contributed by atoms with E-state index in [1.807, 2.05) is 17.1 Å². The number of carbonyl (C=O) groups is 2. The number of rotatable bonds is 25. The molecule has 1 saturated heterocycles. The van der Waals surface area contributed by atoms with E-state index in [4.69, 9.17) is 9.26 Å². The summed E-state index contributed by atoms with van der Waals surface area (Å²) in [5.74, 6) is -0.970. The number of allylic oxidation sites excluding steroid dienone is 12. The zero-order valence-electron chi connectivity index (χ0n) is 30.8. The van der Waals surface area contributed by atoms with Crippen LogP contribution in [0.25, 0.3) is 0 Å². The molecule has 0 radical (unpaired) electrons. The van der Waals surface area contributed by atoms with Gasteiger partial charge >= 0.3 is 19.3 Å². The van der Waals surface area contributed by atoms with Crippen LogP contribution in [-0.2, 0) is 28.2 Å². The summed E-state index contributed by atoms with van der Waals surface area (Å²) in [6.07, 6.45) is 27.8. The summed E-state index contributed by atoms with van der Waals surface area (Å²) in [4.78, 5) is 49.6. The minimum Gasteiger partial charge on any atom is -0.468 e. The Hall–Kier alpha value is -3.98. The summed E-state index contributed by atoms with van der Waals surface area (Å²) in [6.45, 7) is 2.04. The van der Waals surface area contributed by atoms with Gasteiger partial charge in [-0.2, -0.15) is 0 Å². The Kier molecular flexibility index (Phi) is 21.4.